The fraction of sp³-hybridized carbons (Fsp3) is 0.444. The fourth-order valence-electron chi connectivity index (χ4n) is 0.964. The van der Waals surface area contributed by atoms with E-state index in [1.54, 1.807) is 12.4 Å². The molecule has 0 saturated carbocycles. The highest BCUT2D eigenvalue weighted by Crippen LogP contribution is 2.05. The second kappa shape index (κ2) is 5.75. The molecule has 14 heavy (non-hydrogen) atoms. The smallest absolute Gasteiger partial charge is 0.146 e. The van der Waals surface area contributed by atoms with Gasteiger partial charge in [0.2, 0.25) is 0 Å². The minimum Gasteiger partial charge on any atom is -0.369 e. The molecule has 0 fully saturated rings. The molecule has 1 rings (SSSR count). The molecule has 0 atom stereocenters. The van der Waals surface area contributed by atoms with Gasteiger partial charge in [0, 0.05) is 13.1 Å². The highest BCUT2D eigenvalue weighted by molar-refractivity contribution is 5.41. The molecule has 0 aliphatic carbocycles. The summed E-state index contributed by atoms with van der Waals surface area (Å²) in [5.74, 6) is 1.44. The Morgan fingerprint density at radius 1 is 1.36 bits per heavy atom. The highest BCUT2D eigenvalue weighted by Gasteiger charge is 1.95. The summed E-state index contributed by atoms with van der Waals surface area (Å²) in [6.07, 6.45) is 3.77. The summed E-state index contributed by atoms with van der Waals surface area (Å²) >= 11 is 0. The zero-order valence-corrected chi connectivity index (χ0v) is 8.12. The Morgan fingerprint density at radius 2 is 2.07 bits per heavy atom. The van der Waals surface area contributed by atoms with Gasteiger partial charge in [-0.25, -0.2) is 4.98 Å². The molecule has 0 aromatic carbocycles. The van der Waals surface area contributed by atoms with Crippen LogP contribution in [0.15, 0.2) is 12.4 Å². The minimum absolute atomic E-state index is 0.465. The molecule has 0 aliphatic rings. The van der Waals surface area contributed by atoms with Crippen molar-refractivity contribution in [3.05, 3.63) is 12.4 Å². The van der Waals surface area contributed by atoms with Crippen molar-refractivity contribution in [1.29, 1.82) is 5.26 Å². The lowest BCUT2D eigenvalue weighted by Gasteiger charge is -2.05. The summed E-state index contributed by atoms with van der Waals surface area (Å²) in [6, 6.07) is 2.05. The van der Waals surface area contributed by atoms with Gasteiger partial charge >= 0.3 is 0 Å². The van der Waals surface area contributed by atoms with Crippen LogP contribution >= 0.6 is 0 Å². The van der Waals surface area contributed by atoms with Gasteiger partial charge in [-0.15, -0.1) is 0 Å². The molecule has 0 bridgehead atoms. The number of aromatic nitrogens is 2. The van der Waals surface area contributed by atoms with E-state index in [-0.39, 0.29) is 0 Å². The Labute approximate surface area is 83.2 Å². The first-order chi connectivity index (χ1) is 6.86. The van der Waals surface area contributed by atoms with Gasteiger partial charge in [-0.1, -0.05) is 0 Å². The molecule has 0 amide bonds. The number of nitrogens with one attached hydrogen (secondary N) is 2. The zero-order chi connectivity index (χ0) is 10.2. The molecule has 5 nitrogen and oxygen atoms in total. The Bertz CT molecular complexity index is 317. The van der Waals surface area contributed by atoms with Gasteiger partial charge in [-0.05, 0) is 6.92 Å². The van der Waals surface area contributed by atoms with E-state index in [1.807, 2.05) is 6.92 Å². The monoisotopic (exact) mass is 191 g/mol. The summed E-state index contributed by atoms with van der Waals surface area (Å²) < 4.78 is 0. The summed E-state index contributed by atoms with van der Waals surface area (Å²) in [4.78, 5) is 8.25. The van der Waals surface area contributed by atoms with Crippen molar-refractivity contribution in [3.63, 3.8) is 0 Å². The topological polar surface area (TPSA) is 73.6 Å². The van der Waals surface area contributed by atoms with Crippen LogP contribution in [0.1, 0.15) is 13.3 Å². The molecular formula is C9H13N5. The number of rotatable bonds is 5. The number of nitrogens with zero attached hydrogens (tertiary/aromatic N) is 3. The van der Waals surface area contributed by atoms with Crippen LogP contribution in [-0.2, 0) is 0 Å². The second-order valence-corrected chi connectivity index (χ2v) is 2.65. The van der Waals surface area contributed by atoms with E-state index >= 15 is 0 Å². The summed E-state index contributed by atoms with van der Waals surface area (Å²) in [6.45, 7) is 3.41. The third-order valence-corrected chi connectivity index (χ3v) is 1.54. The molecule has 2 N–H and O–H groups in total. The Morgan fingerprint density at radius 3 is 2.71 bits per heavy atom. The van der Waals surface area contributed by atoms with Crippen molar-refractivity contribution in [2.24, 2.45) is 0 Å². The van der Waals surface area contributed by atoms with Crippen molar-refractivity contribution in [3.8, 4) is 6.07 Å². The number of hydrogen-bond acceptors (Lipinski definition) is 5. The first-order valence-corrected chi connectivity index (χ1v) is 4.53. The van der Waals surface area contributed by atoms with Crippen molar-refractivity contribution in [1.82, 2.24) is 9.97 Å². The summed E-state index contributed by atoms with van der Waals surface area (Å²) in [5, 5.41) is 14.4. The van der Waals surface area contributed by atoms with E-state index in [4.69, 9.17) is 5.26 Å². The van der Waals surface area contributed by atoms with Crippen LogP contribution in [0.25, 0.3) is 0 Å². The van der Waals surface area contributed by atoms with Crippen LogP contribution in [0.2, 0.25) is 0 Å². The molecule has 0 spiro atoms. The largest absolute Gasteiger partial charge is 0.369 e. The van der Waals surface area contributed by atoms with Gasteiger partial charge in [-0.2, -0.15) is 5.26 Å². The quantitative estimate of drug-likeness (QED) is 0.685. The van der Waals surface area contributed by atoms with E-state index in [2.05, 4.69) is 26.7 Å². The third kappa shape index (κ3) is 3.27. The van der Waals surface area contributed by atoms with Gasteiger partial charge in [0.15, 0.2) is 0 Å². The molecule has 1 heterocycles. The first-order valence-electron chi connectivity index (χ1n) is 4.53. The highest BCUT2D eigenvalue weighted by atomic mass is 15.1. The van der Waals surface area contributed by atoms with Crippen molar-refractivity contribution in [2.75, 3.05) is 23.7 Å². The predicted molar refractivity (Wildman–Crippen MR) is 54.9 cm³/mol. The Balaban J connectivity index is 2.51. The summed E-state index contributed by atoms with van der Waals surface area (Å²) in [7, 11) is 0. The lowest BCUT2D eigenvalue weighted by molar-refractivity contribution is 1.04. The van der Waals surface area contributed by atoms with Gasteiger partial charge in [-0.3, -0.25) is 4.98 Å². The minimum atomic E-state index is 0.465. The predicted octanol–water partition coefficient (Wildman–Crippen LogP) is 1.23. The Hall–Kier alpha value is -1.83. The molecule has 0 radical (unpaired) electrons. The van der Waals surface area contributed by atoms with E-state index in [0.29, 0.717) is 18.8 Å². The van der Waals surface area contributed by atoms with Crippen LogP contribution in [0.4, 0.5) is 11.6 Å². The standard InChI is InChI=1S/C9H13N5/c1-2-12-8-6-11-7-9(14-8)13-5-3-4-10/h6-7H,2-3,5H2,1H3,(H2,12,13,14). The molecule has 1 aromatic heterocycles. The van der Waals surface area contributed by atoms with E-state index < -0.39 is 0 Å². The maximum atomic E-state index is 8.34. The molecular weight excluding hydrogens is 178 g/mol. The van der Waals surface area contributed by atoms with E-state index in [9.17, 15) is 0 Å². The maximum Gasteiger partial charge on any atom is 0.146 e. The van der Waals surface area contributed by atoms with Crippen molar-refractivity contribution in [2.45, 2.75) is 13.3 Å². The number of nitriles is 1. The van der Waals surface area contributed by atoms with Crippen LogP contribution in [0, 0.1) is 11.3 Å². The van der Waals surface area contributed by atoms with Crippen molar-refractivity contribution >= 4 is 11.6 Å². The van der Waals surface area contributed by atoms with Gasteiger partial charge in [0.25, 0.3) is 0 Å². The SMILES string of the molecule is CCNc1cncc(NCCC#N)n1. The van der Waals surface area contributed by atoms with Gasteiger partial charge in [0.05, 0.1) is 24.9 Å². The second-order valence-electron chi connectivity index (χ2n) is 2.65. The van der Waals surface area contributed by atoms with Crippen molar-refractivity contribution < 1.29 is 0 Å². The molecule has 0 unspecified atom stereocenters. The van der Waals surface area contributed by atoms with Crippen LogP contribution in [0.5, 0.6) is 0 Å². The molecule has 5 heteroatoms. The molecule has 74 valence electrons. The van der Waals surface area contributed by atoms with Gasteiger partial charge in [0.1, 0.15) is 11.6 Å². The van der Waals surface area contributed by atoms with Crippen LogP contribution < -0.4 is 10.6 Å². The number of hydrogen-bond donors (Lipinski definition) is 2. The fourth-order valence-corrected chi connectivity index (χ4v) is 0.964. The average Bonchev–Trinajstić information content (AvgIpc) is 2.19. The average molecular weight is 191 g/mol. The molecule has 0 saturated heterocycles. The van der Waals surface area contributed by atoms with Crippen LogP contribution in [-0.4, -0.2) is 23.1 Å². The first kappa shape index (κ1) is 10.3. The van der Waals surface area contributed by atoms with Gasteiger partial charge < -0.3 is 10.6 Å². The normalized spacial score (nSPS) is 9.14. The zero-order valence-electron chi connectivity index (χ0n) is 8.12. The third-order valence-electron chi connectivity index (χ3n) is 1.54. The molecule has 0 aliphatic heterocycles. The van der Waals surface area contributed by atoms with Crippen LogP contribution in [0.3, 0.4) is 0 Å². The Kier molecular flexibility index (Phi) is 4.21. The van der Waals surface area contributed by atoms with E-state index in [1.165, 1.54) is 0 Å². The number of anilines is 2. The van der Waals surface area contributed by atoms with E-state index in [0.717, 1.165) is 12.4 Å². The maximum absolute atomic E-state index is 8.34. The lowest BCUT2D eigenvalue weighted by atomic mass is 10.4. The lowest BCUT2D eigenvalue weighted by Crippen LogP contribution is -2.06. The molecule has 1 aromatic rings. The summed E-state index contributed by atoms with van der Waals surface area (Å²) in [5.41, 5.74) is 0.